The molecule has 0 fully saturated rings. The number of anilines is 3. The summed E-state index contributed by atoms with van der Waals surface area (Å²) in [5, 5.41) is 17.6. The van der Waals surface area contributed by atoms with Gasteiger partial charge in [0.15, 0.2) is 0 Å². The third-order valence-corrected chi connectivity index (χ3v) is 3.34. The molecule has 2 aromatic rings. The van der Waals surface area contributed by atoms with Crippen LogP contribution >= 0.6 is 23.2 Å². The Kier molecular flexibility index (Phi) is 5.13. The van der Waals surface area contributed by atoms with E-state index in [-0.39, 0.29) is 17.3 Å². The number of hydrogen-bond acceptors (Lipinski definition) is 6. The van der Waals surface area contributed by atoms with E-state index in [1.54, 1.807) is 24.3 Å². The maximum atomic E-state index is 11.3. The number of nitro groups is 1. The molecule has 22 heavy (non-hydrogen) atoms. The number of halogens is 2. The van der Waals surface area contributed by atoms with Gasteiger partial charge in [-0.05, 0) is 18.2 Å². The van der Waals surface area contributed by atoms with Gasteiger partial charge in [0.1, 0.15) is 6.33 Å². The minimum atomic E-state index is -0.564. The molecule has 0 spiro atoms. The summed E-state index contributed by atoms with van der Waals surface area (Å²) >= 11 is 11.8. The van der Waals surface area contributed by atoms with Crippen LogP contribution in [0.5, 0.6) is 0 Å². The van der Waals surface area contributed by atoms with Crippen LogP contribution in [0.25, 0.3) is 0 Å². The largest absolute Gasteiger partial charge is 0.361 e. The van der Waals surface area contributed by atoms with Gasteiger partial charge in [0.25, 0.3) is 0 Å². The molecule has 0 amide bonds. The standard InChI is InChI=1S/C13H11Cl2N5O2/c1-2-5-16-12-11(20(21)22)13(18-7-17-12)19-8-3-4-9(14)10(15)6-8/h2-4,6-7H,1,5H2,(H2,16,17,18,19). The summed E-state index contributed by atoms with van der Waals surface area (Å²) in [6, 6.07) is 4.76. The van der Waals surface area contributed by atoms with Crippen molar-refractivity contribution in [3.05, 3.63) is 57.3 Å². The maximum Gasteiger partial charge on any atom is 0.353 e. The second-order valence-corrected chi connectivity index (χ2v) is 4.91. The van der Waals surface area contributed by atoms with Crippen LogP contribution in [0.1, 0.15) is 0 Å². The van der Waals surface area contributed by atoms with Gasteiger partial charge in [0.05, 0.1) is 15.0 Å². The molecule has 0 aliphatic rings. The van der Waals surface area contributed by atoms with Gasteiger partial charge in [-0.15, -0.1) is 6.58 Å². The van der Waals surface area contributed by atoms with E-state index in [4.69, 9.17) is 23.2 Å². The van der Waals surface area contributed by atoms with Crippen LogP contribution in [0.2, 0.25) is 10.0 Å². The minimum absolute atomic E-state index is 0.0463. The predicted molar refractivity (Wildman–Crippen MR) is 87.1 cm³/mol. The molecule has 0 aliphatic carbocycles. The van der Waals surface area contributed by atoms with Crippen LogP contribution in [-0.4, -0.2) is 21.4 Å². The van der Waals surface area contributed by atoms with E-state index in [1.807, 2.05) is 0 Å². The highest BCUT2D eigenvalue weighted by Gasteiger charge is 2.22. The fraction of sp³-hybridized carbons (Fsp3) is 0.0769. The molecule has 0 atom stereocenters. The summed E-state index contributed by atoms with van der Waals surface area (Å²) in [5.41, 5.74) is 0.251. The average molecular weight is 340 g/mol. The van der Waals surface area contributed by atoms with Crippen molar-refractivity contribution >= 4 is 46.2 Å². The summed E-state index contributed by atoms with van der Waals surface area (Å²) in [6.45, 7) is 3.88. The van der Waals surface area contributed by atoms with Crippen molar-refractivity contribution in [3.8, 4) is 0 Å². The molecule has 0 unspecified atom stereocenters. The van der Waals surface area contributed by atoms with E-state index in [9.17, 15) is 10.1 Å². The van der Waals surface area contributed by atoms with Gasteiger partial charge in [-0.2, -0.15) is 0 Å². The van der Waals surface area contributed by atoms with Gasteiger partial charge in [-0.25, -0.2) is 9.97 Å². The van der Waals surface area contributed by atoms with Crippen molar-refractivity contribution in [2.75, 3.05) is 17.2 Å². The van der Waals surface area contributed by atoms with Crippen LogP contribution in [0, 0.1) is 10.1 Å². The molecule has 0 saturated carbocycles. The monoisotopic (exact) mass is 339 g/mol. The molecule has 0 saturated heterocycles. The molecule has 9 heteroatoms. The number of hydrogen-bond donors (Lipinski definition) is 2. The van der Waals surface area contributed by atoms with Gasteiger partial charge < -0.3 is 10.6 Å². The zero-order valence-electron chi connectivity index (χ0n) is 11.2. The fourth-order valence-electron chi connectivity index (χ4n) is 1.65. The second-order valence-electron chi connectivity index (χ2n) is 4.10. The summed E-state index contributed by atoms with van der Waals surface area (Å²) in [6.07, 6.45) is 2.79. The van der Waals surface area contributed by atoms with Gasteiger partial charge in [-0.3, -0.25) is 10.1 Å². The molecule has 1 aromatic carbocycles. The lowest BCUT2D eigenvalue weighted by atomic mass is 10.3. The Morgan fingerprint density at radius 1 is 1.27 bits per heavy atom. The molecule has 1 aromatic heterocycles. The highest BCUT2D eigenvalue weighted by Crippen LogP contribution is 2.32. The van der Waals surface area contributed by atoms with Crippen LogP contribution in [-0.2, 0) is 0 Å². The molecular formula is C13H11Cl2N5O2. The van der Waals surface area contributed by atoms with Crippen molar-refractivity contribution in [2.24, 2.45) is 0 Å². The predicted octanol–water partition coefficient (Wildman–Crippen LogP) is 4.03. The summed E-state index contributed by atoms with van der Waals surface area (Å²) in [5.74, 6) is 0.146. The van der Waals surface area contributed by atoms with Crippen molar-refractivity contribution in [1.82, 2.24) is 9.97 Å². The SMILES string of the molecule is C=CCNc1ncnc(Nc2ccc(Cl)c(Cl)c2)c1[N+](=O)[O-]. The highest BCUT2D eigenvalue weighted by molar-refractivity contribution is 6.42. The summed E-state index contributed by atoms with van der Waals surface area (Å²) in [7, 11) is 0. The molecule has 0 bridgehead atoms. The minimum Gasteiger partial charge on any atom is -0.361 e. The van der Waals surface area contributed by atoms with Crippen molar-refractivity contribution in [1.29, 1.82) is 0 Å². The van der Waals surface area contributed by atoms with E-state index >= 15 is 0 Å². The first-order valence-electron chi connectivity index (χ1n) is 6.09. The molecule has 1 heterocycles. The lowest BCUT2D eigenvalue weighted by molar-refractivity contribution is -0.383. The summed E-state index contributed by atoms with van der Waals surface area (Å²) < 4.78 is 0. The quantitative estimate of drug-likeness (QED) is 0.468. The van der Waals surface area contributed by atoms with E-state index in [2.05, 4.69) is 27.2 Å². The fourth-order valence-corrected chi connectivity index (χ4v) is 1.95. The lowest BCUT2D eigenvalue weighted by Crippen LogP contribution is -2.08. The van der Waals surface area contributed by atoms with Crippen molar-refractivity contribution in [2.45, 2.75) is 0 Å². The Morgan fingerprint density at radius 2 is 2.00 bits per heavy atom. The van der Waals surface area contributed by atoms with Gasteiger partial charge >= 0.3 is 5.69 Å². The first-order chi connectivity index (χ1) is 10.5. The normalized spacial score (nSPS) is 10.1. The first-order valence-corrected chi connectivity index (χ1v) is 6.84. The van der Waals surface area contributed by atoms with Crippen LogP contribution < -0.4 is 10.6 Å². The van der Waals surface area contributed by atoms with Gasteiger partial charge in [0.2, 0.25) is 11.6 Å². The van der Waals surface area contributed by atoms with Crippen LogP contribution in [0.3, 0.4) is 0 Å². The van der Waals surface area contributed by atoms with Crippen molar-refractivity contribution < 1.29 is 4.92 Å². The Bertz CT molecular complexity index is 724. The number of aromatic nitrogens is 2. The van der Waals surface area contributed by atoms with Gasteiger partial charge in [-0.1, -0.05) is 29.3 Å². The molecule has 2 N–H and O–H groups in total. The smallest absolute Gasteiger partial charge is 0.353 e. The van der Waals surface area contributed by atoms with E-state index in [1.165, 1.54) is 6.33 Å². The Morgan fingerprint density at radius 3 is 2.64 bits per heavy atom. The zero-order chi connectivity index (χ0) is 16.1. The number of nitrogens with one attached hydrogen (secondary N) is 2. The van der Waals surface area contributed by atoms with Crippen LogP contribution in [0.15, 0.2) is 37.2 Å². The third kappa shape index (κ3) is 3.63. The van der Waals surface area contributed by atoms with E-state index < -0.39 is 4.92 Å². The highest BCUT2D eigenvalue weighted by atomic mass is 35.5. The maximum absolute atomic E-state index is 11.3. The molecule has 114 valence electrons. The molecule has 0 aliphatic heterocycles. The van der Waals surface area contributed by atoms with Crippen LogP contribution in [0.4, 0.5) is 23.0 Å². The van der Waals surface area contributed by atoms with E-state index in [0.29, 0.717) is 22.3 Å². The molecule has 2 rings (SSSR count). The van der Waals surface area contributed by atoms with Crippen molar-refractivity contribution in [3.63, 3.8) is 0 Å². The lowest BCUT2D eigenvalue weighted by Gasteiger charge is -2.09. The average Bonchev–Trinajstić information content (AvgIpc) is 2.48. The Balaban J connectivity index is 2.39. The number of nitrogens with zero attached hydrogens (tertiary/aromatic N) is 3. The van der Waals surface area contributed by atoms with Gasteiger partial charge in [0, 0.05) is 12.2 Å². The summed E-state index contributed by atoms with van der Waals surface area (Å²) in [4.78, 5) is 18.5. The number of rotatable bonds is 6. The Labute approximate surface area is 136 Å². The van der Waals surface area contributed by atoms with E-state index in [0.717, 1.165) is 0 Å². The molecular weight excluding hydrogens is 329 g/mol. The second kappa shape index (κ2) is 7.06. The topological polar surface area (TPSA) is 93.0 Å². The molecule has 7 nitrogen and oxygen atoms in total. The Hall–Kier alpha value is -2.38. The third-order valence-electron chi connectivity index (χ3n) is 2.60. The number of benzene rings is 1. The zero-order valence-corrected chi connectivity index (χ0v) is 12.7. The molecule has 0 radical (unpaired) electrons. The first kappa shape index (κ1) is 16.0.